The van der Waals surface area contributed by atoms with Crippen LogP contribution in [0.25, 0.3) is 0 Å². The van der Waals surface area contributed by atoms with Crippen LogP contribution in [0.3, 0.4) is 0 Å². The Bertz CT molecular complexity index is 794. The third-order valence-corrected chi connectivity index (χ3v) is 4.54. The van der Waals surface area contributed by atoms with Gasteiger partial charge in [-0.15, -0.1) is 0 Å². The van der Waals surface area contributed by atoms with Crippen LogP contribution in [0, 0.1) is 5.92 Å². The van der Waals surface area contributed by atoms with Crippen molar-refractivity contribution in [3.63, 3.8) is 0 Å². The van der Waals surface area contributed by atoms with Gasteiger partial charge in [-0.2, -0.15) is 0 Å². The summed E-state index contributed by atoms with van der Waals surface area (Å²) in [6.45, 7) is 5.12. The summed E-state index contributed by atoms with van der Waals surface area (Å²) in [7, 11) is 1.58. The second-order valence-corrected chi connectivity index (χ2v) is 7.36. The number of ether oxygens (including phenoxy) is 2. The molecule has 2 rings (SSSR count). The van der Waals surface area contributed by atoms with Gasteiger partial charge in [0.25, 0.3) is 5.91 Å². The van der Waals surface area contributed by atoms with Gasteiger partial charge in [-0.1, -0.05) is 48.7 Å². The van der Waals surface area contributed by atoms with Gasteiger partial charge in [0, 0.05) is 17.7 Å². The fourth-order valence-electron chi connectivity index (χ4n) is 2.25. The predicted molar refractivity (Wildman–Crippen MR) is 107 cm³/mol. The van der Waals surface area contributed by atoms with Crippen LogP contribution in [-0.2, 0) is 11.3 Å². The highest BCUT2D eigenvalue weighted by Crippen LogP contribution is 2.32. The Morgan fingerprint density at radius 2 is 1.77 bits per heavy atom. The van der Waals surface area contributed by atoms with Gasteiger partial charge in [-0.3, -0.25) is 4.79 Å². The minimum Gasteiger partial charge on any atom is -0.496 e. The average Bonchev–Trinajstić information content (AvgIpc) is 2.59. The Hall–Kier alpha value is -1.46. The van der Waals surface area contributed by atoms with Gasteiger partial charge < -0.3 is 14.8 Å². The lowest BCUT2D eigenvalue weighted by Crippen LogP contribution is -2.13. The third-order valence-electron chi connectivity index (χ3n) is 3.51. The normalized spacial score (nSPS) is 10.9. The van der Waals surface area contributed by atoms with Gasteiger partial charge in [0.1, 0.15) is 5.75 Å². The Morgan fingerprint density at radius 1 is 1.08 bits per heavy atom. The number of hydrogen-bond donors (Lipinski definition) is 1. The first-order valence-electron chi connectivity index (χ1n) is 8.02. The third kappa shape index (κ3) is 5.52. The van der Waals surface area contributed by atoms with Crippen molar-refractivity contribution in [3.8, 4) is 5.75 Å². The van der Waals surface area contributed by atoms with Gasteiger partial charge in [0.05, 0.1) is 34.5 Å². The summed E-state index contributed by atoms with van der Waals surface area (Å²) >= 11 is 18.0. The summed E-state index contributed by atoms with van der Waals surface area (Å²) < 4.78 is 11.0. The number of hydrogen-bond acceptors (Lipinski definition) is 3. The lowest BCUT2D eigenvalue weighted by atomic mass is 10.1. The summed E-state index contributed by atoms with van der Waals surface area (Å²) in [6, 6.07) is 8.14. The second kappa shape index (κ2) is 9.47. The van der Waals surface area contributed by atoms with Crippen molar-refractivity contribution in [2.24, 2.45) is 5.92 Å². The van der Waals surface area contributed by atoms with Crippen molar-refractivity contribution in [2.45, 2.75) is 20.5 Å². The van der Waals surface area contributed by atoms with E-state index in [-0.39, 0.29) is 5.91 Å². The van der Waals surface area contributed by atoms with E-state index in [1.807, 2.05) is 0 Å². The van der Waals surface area contributed by atoms with Crippen LogP contribution in [0.5, 0.6) is 5.75 Å². The van der Waals surface area contributed by atoms with E-state index in [1.54, 1.807) is 25.3 Å². The van der Waals surface area contributed by atoms with E-state index in [0.29, 0.717) is 51.2 Å². The van der Waals surface area contributed by atoms with E-state index in [1.165, 1.54) is 12.1 Å². The molecule has 0 bridgehead atoms. The van der Waals surface area contributed by atoms with E-state index in [9.17, 15) is 4.79 Å². The number of nitrogens with one attached hydrogen (secondary N) is 1. The summed E-state index contributed by atoms with van der Waals surface area (Å²) in [5.41, 5.74) is 1.64. The highest BCUT2D eigenvalue weighted by Gasteiger charge is 2.14. The average molecular weight is 417 g/mol. The van der Waals surface area contributed by atoms with Crippen LogP contribution in [0.4, 0.5) is 5.69 Å². The van der Waals surface area contributed by atoms with Crippen LogP contribution < -0.4 is 10.1 Å². The maximum absolute atomic E-state index is 12.6. The maximum Gasteiger partial charge on any atom is 0.255 e. The second-order valence-electron chi connectivity index (χ2n) is 6.14. The molecule has 4 nitrogen and oxygen atoms in total. The zero-order chi connectivity index (χ0) is 19.3. The first kappa shape index (κ1) is 20.8. The molecule has 0 saturated heterocycles. The number of carbonyl (C=O) groups excluding carboxylic acids is 1. The molecule has 0 aliphatic heterocycles. The maximum atomic E-state index is 12.6. The molecule has 140 valence electrons. The van der Waals surface area contributed by atoms with Crippen molar-refractivity contribution in [1.82, 2.24) is 0 Å². The first-order valence-corrected chi connectivity index (χ1v) is 9.15. The quantitative estimate of drug-likeness (QED) is 0.556. The molecule has 0 heterocycles. The molecule has 0 atom stereocenters. The van der Waals surface area contributed by atoms with Crippen LogP contribution in [0.2, 0.25) is 15.1 Å². The van der Waals surface area contributed by atoms with Crippen LogP contribution >= 0.6 is 34.8 Å². The number of benzene rings is 2. The topological polar surface area (TPSA) is 47.6 Å². The van der Waals surface area contributed by atoms with E-state index in [4.69, 9.17) is 44.3 Å². The molecule has 1 N–H and O–H groups in total. The molecule has 0 saturated carbocycles. The molecule has 0 spiro atoms. The molecule has 0 unspecified atom stereocenters. The van der Waals surface area contributed by atoms with Crippen molar-refractivity contribution in [2.75, 3.05) is 19.0 Å². The van der Waals surface area contributed by atoms with Crippen LogP contribution in [0.15, 0.2) is 30.3 Å². The molecule has 2 aromatic carbocycles. The first-order chi connectivity index (χ1) is 12.3. The predicted octanol–water partition coefficient (Wildman–Crippen LogP) is 6.08. The smallest absolute Gasteiger partial charge is 0.255 e. The number of rotatable bonds is 7. The molecule has 26 heavy (non-hydrogen) atoms. The van der Waals surface area contributed by atoms with Crippen LogP contribution in [-0.4, -0.2) is 19.6 Å². The van der Waals surface area contributed by atoms with Gasteiger partial charge in [-0.05, 0) is 36.2 Å². The van der Waals surface area contributed by atoms with Crippen molar-refractivity contribution in [1.29, 1.82) is 0 Å². The summed E-state index contributed by atoms with van der Waals surface area (Å²) in [4.78, 5) is 12.6. The lowest BCUT2D eigenvalue weighted by Gasteiger charge is -2.13. The standard InChI is InChI=1S/C19H20Cl3NO3/c1-11(2)9-26-10-13-6-12(4-5-18(13)25-3)19(24)23-17-8-15(21)14(20)7-16(17)22/h4-8,11H,9-10H2,1-3H3,(H,23,24). The summed E-state index contributed by atoms with van der Waals surface area (Å²) in [5, 5.41) is 3.68. The zero-order valence-corrected chi connectivity index (χ0v) is 17.0. The molecule has 0 radical (unpaired) electrons. The molecular weight excluding hydrogens is 397 g/mol. The molecule has 0 aromatic heterocycles. The lowest BCUT2D eigenvalue weighted by molar-refractivity contribution is 0.0952. The van der Waals surface area contributed by atoms with Gasteiger partial charge in [0.15, 0.2) is 0 Å². The van der Waals surface area contributed by atoms with Gasteiger partial charge in [-0.25, -0.2) is 0 Å². The minimum atomic E-state index is -0.321. The summed E-state index contributed by atoms with van der Waals surface area (Å²) in [5.74, 6) is 0.764. The molecule has 7 heteroatoms. The number of anilines is 1. The molecular formula is C19H20Cl3NO3. The Kier molecular flexibility index (Phi) is 7.59. The molecule has 0 aliphatic rings. The van der Waals surface area contributed by atoms with Gasteiger partial charge >= 0.3 is 0 Å². The molecule has 0 fully saturated rings. The SMILES string of the molecule is COc1ccc(C(=O)Nc2cc(Cl)c(Cl)cc2Cl)cc1COCC(C)C. The monoisotopic (exact) mass is 415 g/mol. The fraction of sp³-hybridized carbons (Fsp3) is 0.316. The Balaban J connectivity index is 2.19. The largest absolute Gasteiger partial charge is 0.496 e. The Morgan fingerprint density at radius 3 is 2.42 bits per heavy atom. The summed E-state index contributed by atoms with van der Waals surface area (Å²) in [6.07, 6.45) is 0. The van der Waals surface area contributed by atoms with Crippen LogP contribution in [0.1, 0.15) is 29.8 Å². The van der Waals surface area contributed by atoms with Crippen molar-refractivity contribution < 1.29 is 14.3 Å². The van der Waals surface area contributed by atoms with E-state index >= 15 is 0 Å². The van der Waals surface area contributed by atoms with Gasteiger partial charge in [0.2, 0.25) is 0 Å². The highest BCUT2D eigenvalue weighted by atomic mass is 35.5. The van der Waals surface area contributed by atoms with E-state index < -0.39 is 0 Å². The Labute approximate surface area is 168 Å². The van der Waals surface area contributed by atoms with Crippen molar-refractivity contribution >= 4 is 46.4 Å². The number of carbonyl (C=O) groups is 1. The minimum absolute atomic E-state index is 0.307. The molecule has 2 aromatic rings. The molecule has 1 amide bonds. The zero-order valence-electron chi connectivity index (χ0n) is 14.7. The number of methoxy groups -OCH3 is 1. The molecule has 0 aliphatic carbocycles. The number of amides is 1. The highest BCUT2D eigenvalue weighted by molar-refractivity contribution is 6.44. The number of halogens is 3. The van der Waals surface area contributed by atoms with E-state index in [2.05, 4.69) is 19.2 Å². The van der Waals surface area contributed by atoms with E-state index in [0.717, 1.165) is 5.56 Å². The fourth-order valence-corrected chi connectivity index (χ4v) is 2.84. The van der Waals surface area contributed by atoms with Crippen molar-refractivity contribution in [3.05, 3.63) is 56.5 Å².